The first kappa shape index (κ1) is 12.0. The Balaban J connectivity index is 1.66. The van der Waals surface area contributed by atoms with E-state index in [1.165, 1.54) is 5.69 Å². The van der Waals surface area contributed by atoms with Crippen molar-refractivity contribution in [2.45, 2.75) is 6.92 Å². The van der Waals surface area contributed by atoms with E-state index in [9.17, 15) is 0 Å². The first-order chi connectivity index (χ1) is 9.22. The minimum absolute atomic E-state index is 1.01. The number of hydrogen-bond donors (Lipinski definition) is 0. The lowest BCUT2D eigenvalue weighted by Gasteiger charge is -2.36. The Labute approximate surface area is 113 Å². The predicted octanol–water partition coefficient (Wildman–Crippen LogP) is 1.45. The molecular weight excluding hydrogens is 238 g/mol. The van der Waals surface area contributed by atoms with E-state index in [1.54, 1.807) is 0 Å². The van der Waals surface area contributed by atoms with Gasteiger partial charge in [0.15, 0.2) is 0 Å². The Hall–Kier alpha value is -2.04. The summed E-state index contributed by atoms with van der Waals surface area (Å²) in [5, 5.41) is 4.23. The molecule has 0 atom stereocenters. The molecule has 0 aromatic carbocycles. The Morgan fingerprint density at radius 3 is 2.42 bits per heavy atom. The molecule has 5 nitrogen and oxygen atoms in total. The molecule has 2 aromatic heterocycles. The van der Waals surface area contributed by atoms with Crippen molar-refractivity contribution in [3.8, 4) is 0 Å². The monoisotopic (exact) mass is 257 g/mol. The normalized spacial score (nSPS) is 15.9. The highest BCUT2D eigenvalue weighted by atomic mass is 15.3. The number of aryl methyl sites for hydroxylation is 2. The van der Waals surface area contributed by atoms with Gasteiger partial charge in [0.25, 0.3) is 0 Å². The summed E-state index contributed by atoms with van der Waals surface area (Å²) in [4.78, 5) is 9.31. The molecule has 1 saturated heterocycles. The van der Waals surface area contributed by atoms with E-state index in [0.29, 0.717) is 0 Å². The van der Waals surface area contributed by atoms with Gasteiger partial charge in [0.05, 0.1) is 11.9 Å². The molecule has 2 aromatic rings. The predicted molar refractivity (Wildman–Crippen MR) is 76.6 cm³/mol. The van der Waals surface area contributed by atoms with Crippen LogP contribution in [0.3, 0.4) is 0 Å². The van der Waals surface area contributed by atoms with Crippen LogP contribution in [-0.4, -0.2) is 40.9 Å². The van der Waals surface area contributed by atoms with Crippen LogP contribution in [0.2, 0.25) is 0 Å². The van der Waals surface area contributed by atoms with Gasteiger partial charge in [-0.15, -0.1) is 0 Å². The highest BCUT2D eigenvalue weighted by Gasteiger charge is 2.18. The van der Waals surface area contributed by atoms with Crippen LogP contribution in [0.4, 0.5) is 11.5 Å². The second-order valence-corrected chi connectivity index (χ2v) is 4.98. The zero-order chi connectivity index (χ0) is 13.2. The smallest absolute Gasteiger partial charge is 0.128 e. The van der Waals surface area contributed by atoms with Crippen molar-refractivity contribution in [3.63, 3.8) is 0 Å². The van der Waals surface area contributed by atoms with E-state index >= 15 is 0 Å². The third-order valence-electron chi connectivity index (χ3n) is 3.53. The first-order valence-corrected chi connectivity index (χ1v) is 6.64. The molecule has 0 aliphatic carbocycles. The molecule has 0 saturated carbocycles. The molecular formula is C14H19N5. The van der Waals surface area contributed by atoms with Crippen molar-refractivity contribution in [1.82, 2.24) is 14.8 Å². The van der Waals surface area contributed by atoms with Gasteiger partial charge in [-0.25, -0.2) is 4.98 Å². The summed E-state index contributed by atoms with van der Waals surface area (Å²) in [6.45, 7) is 6.08. The Bertz CT molecular complexity index is 554. The summed E-state index contributed by atoms with van der Waals surface area (Å²) in [6, 6.07) is 6.20. The lowest BCUT2D eigenvalue weighted by molar-refractivity contribution is 0.646. The third-order valence-corrected chi connectivity index (χ3v) is 3.53. The van der Waals surface area contributed by atoms with Crippen molar-refractivity contribution in [3.05, 3.63) is 36.3 Å². The summed E-state index contributed by atoms with van der Waals surface area (Å²) in [6.07, 6.45) is 4.00. The third kappa shape index (κ3) is 2.54. The number of piperazine rings is 1. The van der Waals surface area contributed by atoms with E-state index in [4.69, 9.17) is 0 Å². The summed E-state index contributed by atoms with van der Waals surface area (Å²) < 4.78 is 1.85. The van der Waals surface area contributed by atoms with Gasteiger partial charge in [-0.2, -0.15) is 5.10 Å². The van der Waals surface area contributed by atoms with E-state index in [-0.39, 0.29) is 0 Å². The van der Waals surface area contributed by atoms with Gasteiger partial charge in [0.1, 0.15) is 5.82 Å². The number of pyridine rings is 1. The van der Waals surface area contributed by atoms with Crippen LogP contribution in [0.5, 0.6) is 0 Å². The zero-order valence-electron chi connectivity index (χ0n) is 11.5. The molecule has 100 valence electrons. The Morgan fingerprint density at radius 1 is 1.05 bits per heavy atom. The maximum absolute atomic E-state index is 4.59. The van der Waals surface area contributed by atoms with Gasteiger partial charge in [-0.05, 0) is 19.1 Å². The fourth-order valence-electron chi connectivity index (χ4n) is 2.47. The minimum Gasteiger partial charge on any atom is -0.365 e. The lowest BCUT2D eigenvalue weighted by Crippen LogP contribution is -2.46. The molecule has 1 aliphatic heterocycles. The molecule has 1 fully saturated rings. The van der Waals surface area contributed by atoms with Gasteiger partial charge in [-0.3, -0.25) is 4.68 Å². The van der Waals surface area contributed by atoms with E-state index in [2.05, 4.69) is 38.2 Å². The number of aromatic nitrogens is 3. The molecule has 5 heteroatoms. The van der Waals surface area contributed by atoms with Gasteiger partial charge in [0.2, 0.25) is 0 Å². The van der Waals surface area contributed by atoms with Crippen LogP contribution >= 0.6 is 0 Å². The molecule has 0 unspecified atom stereocenters. The molecule has 0 amide bonds. The first-order valence-electron chi connectivity index (χ1n) is 6.64. The van der Waals surface area contributed by atoms with Gasteiger partial charge in [0, 0.05) is 45.1 Å². The summed E-state index contributed by atoms with van der Waals surface area (Å²) in [5.41, 5.74) is 2.28. The average molecular weight is 257 g/mol. The molecule has 19 heavy (non-hydrogen) atoms. The van der Waals surface area contributed by atoms with Crippen molar-refractivity contribution in [2.75, 3.05) is 36.0 Å². The lowest BCUT2D eigenvalue weighted by atomic mass is 10.3. The SMILES string of the molecule is Cc1cccc(N2CCN(c3cnn(C)c3)CC2)n1. The van der Waals surface area contributed by atoms with Crippen molar-refractivity contribution >= 4 is 11.5 Å². The van der Waals surface area contributed by atoms with E-state index in [1.807, 2.05) is 30.9 Å². The number of anilines is 2. The van der Waals surface area contributed by atoms with E-state index in [0.717, 1.165) is 37.7 Å². The standard InChI is InChI=1S/C14H19N5/c1-12-4-3-5-14(16-12)19-8-6-18(7-9-19)13-10-15-17(2)11-13/h3-5,10-11H,6-9H2,1-2H3. The summed E-state index contributed by atoms with van der Waals surface area (Å²) in [5.74, 6) is 1.09. The largest absolute Gasteiger partial charge is 0.365 e. The van der Waals surface area contributed by atoms with Crippen LogP contribution < -0.4 is 9.80 Å². The number of nitrogens with zero attached hydrogens (tertiary/aromatic N) is 5. The molecule has 0 radical (unpaired) electrons. The van der Waals surface area contributed by atoms with Crippen molar-refractivity contribution < 1.29 is 0 Å². The quantitative estimate of drug-likeness (QED) is 0.816. The summed E-state index contributed by atoms with van der Waals surface area (Å²) in [7, 11) is 1.95. The second kappa shape index (κ2) is 4.91. The molecule has 0 bridgehead atoms. The molecule has 0 spiro atoms. The molecule has 3 heterocycles. The van der Waals surface area contributed by atoms with Crippen molar-refractivity contribution in [2.24, 2.45) is 7.05 Å². The Morgan fingerprint density at radius 2 is 1.79 bits per heavy atom. The molecule has 0 N–H and O–H groups in total. The van der Waals surface area contributed by atoms with E-state index < -0.39 is 0 Å². The van der Waals surface area contributed by atoms with Gasteiger partial charge < -0.3 is 9.80 Å². The maximum Gasteiger partial charge on any atom is 0.128 e. The second-order valence-electron chi connectivity index (χ2n) is 4.98. The minimum atomic E-state index is 1.01. The highest BCUT2D eigenvalue weighted by molar-refractivity contribution is 5.47. The van der Waals surface area contributed by atoms with Crippen molar-refractivity contribution in [1.29, 1.82) is 0 Å². The summed E-state index contributed by atoms with van der Waals surface area (Å²) >= 11 is 0. The Kier molecular flexibility index (Phi) is 3.11. The van der Waals surface area contributed by atoms with Crippen LogP contribution in [-0.2, 0) is 7.05 Å². The fraction of sp³-hybridized carbons (Fsp3) is 0.429. The molecule has 1 aliphatic rings. The number of hydrogen-bond acceptors (Lipinski definition) is 4. The van der Waals surface area contributed by atoms with Crippen LogP contribution in [0.15, 0.2) is 30.6 Å². The highest BCUT2D eigenvalue weighted by Crippen LogP contribution is 2.18. The van der Waals surface area contributed by atoms with Gasteiger partial charge >= 0.3 is 0 Å². The average Bonchev–Trinajstić information content (AvgIpc) is 2.86. The van der Waals surface area contributed by atoms with Crippen LogP contribution in [0, 0.1) is 6.92 Å². The molecule has 3 rings (SSSR count). The fourth-order valence-corrected chi connectivity index (χ4v) is 2.47. The van der Waals surface area contributed by atoms with Crippen LogP contribution in [0.25, 0.3) is 0 Å². The zero-order valence-corrected chi connectivity index (χ0v) is 11.5. The topological polar surface area (TPSA) is 37.2 Å². The van der Waals surface area contributed by atoms with Crippen LogP contribution in [0.1, 0.15) is 5.69 Å². The van der Waals surface area contributed by atoms with Gasteiger partial charge in [-0.1, -0.05) is 6.07 Å². The number of rotatable bonds is 2. The maximum atomic E-state index is 4.59.